The van der Waals surface area contributed by atoms with E-state index in [2.05, 4.69) is 0 Å². The maximum Gasteiger partial charge on any atom is 0.309 e. The SMILES string of the molecule is CC[C@@H](OC(=O)[C@H](C)CC(=O)OC(C)(C)C)[C@H](C)Oc1ccccc1. The Hall–Kier alpha value is -2.04. The fourth-order valence-electron chi connectivity index (χ4n) is 2.28. The number of para-hydroxylation sites is 1. The van der Waals surface area contributed by atoms with Crippen molar-refractivity contribution in [2.75, 3.05) is 0 Å². The third-order valence-corrected chi connectivity index (χ3v) is 3.55. The minimum absolute atomic E-state index is 0.000457. The molecular weight excluding hydrogens is 320 g/mol. The summed E-state index contributed by atoms with van der Waals surface area (Å²) in [5, 5.41) is 0. The van der Waals surface area contributed by atoms with Gasteiger partial charge in [-0.2, -0.15) is 0 Å². The summed E-state index contributed by atoms with van der Waals surface area (Å²) in [6, 6.07) is 9.40. The van der Waals surface area contributed by atoms with Gasteiger partial charge in [0, 0.05) is 0 Å². The van der Waals surface area contributed by atoms with Crippen LogP contribution in [0.15, 0.2) is 30.3 Å². The average molecular weight is 350 g/mol. The normalized spacial score (nSPS) is 15.0. The second-order valence-electron chi connectivity index (χ2n) is 7.21. The van der Waals surface area contributed by atoms with Gasteiger partial charge >= 0.3 is 11.9 Å². The first-order valence-electron chi connectivity index (χ1n) is 8.76. The van der Waals surface area contributed by atoms with E-state index in [1.54, 1.807) is 27.7 Å². The maximum absolute atomic E-state index is 12.3. The summed E-state index contributed by atoms with van der Waals surface area (Å²) in [7, 11) is 0. The molecule has 140 valence electrons. The lowest BCUT2D eigenvalue weighted by Crippen LogP contribution is -2.35. The Balaban J connectivity index is 2.55. The second-order valence-corrected chi connectivity index (χ2v) is 7.21. The van der Waals surface area contributed by atoms with Crippen molar-refractivity contribution in [1.82, 2.24) is 0 Å². The van der Waals surface area contributed by atoms with Gasteiger partial charge in [0.15, 0.2) is 0 Å². The number of carbonyl (C=O) groups excluding carboxylic acids is 2. The predicted molar refractivity (Wildman–Crippen MR) is 96.3 cm³/mol. The molecule has 0 unspecified atom stereocenters. The second kappa shape index (κ2) is 9.44. The van der Waals surface area contributed by atoms with Gasteiger partial charge in [-0.1, -0.05) is 32.0 Å². The molecule has 0 saturated carbocycles. The summed E-state index contributed by atoms with van der Waals surface area (Å²) in [5.74, 6) is -0.654. The minimum atomic E-state index is -0.565. The number of hydrogen-bond donors (Lipinski definition) is 0. The van der Waals surface area contributed by atoms with Crippen molar-refractivity contribution in [3.63, 3.8) is 0 Å². The molecule has 0 aliphatic carbocycles. The van der Waals surface area contributed by atoms with Crippen molar-refractivity contribution < 1.29 is 23.8 Å². The molecule has 0 amide bonds. The molecule has 0 N–H and O–H groups in total. The highest BCUT2D eigenvalue weighted by Gasteiger charge is 2.27. The topological polar surface area (TPSA) is 61.8 Å². The summed E-state index contributed by atoms with van der Waals surface area (Å²) in [6.45, 7) is 10.9. The van der Waals surface area contributed by atoms with E-state index in [1.807, 2.05) is 44.2 Å². The molecule has 5 nitrogen and oxygen atoms in total. The highest BCUT2D eigenvalue weighted by atomic mass is 16.6. The third kappa shape index (κ3) is 8.05. The van der Waals surface area contributed by atoms with Gasteiger partial charge in [0.05, 0.1) is 12.3 Å². The molecule has 0 saturated heterocycles. The monoisotopic (exact) mass is 350 g/mol. The Bertz CT molecular complexity index is 547. The Kier molecular flexibility index (Phi) is 7.94. The van der Waals surface area contributed by atoms with Gasteiger partial charge in [-0.25, -0.2) is 0 Å². The fraction of sp³-hybridized carbons (Fsp3) is 0.600. The van der Waals surface area contributed by atoms with E-state index in [1.165, 1.54) is 0 Å². The predicted octanol–water partition coefficient (Wildman–Crippen LogP) is 4.14. The van der Waals surface area contributed by atoms with Gasteiger partial charge in [0.1, 0.15) is 23.6 Å². The molecular formula is C20H30O5. The van der Waals surface area contributed by atoms with Crippen LogP contribution in [0, 0.1) is 5.92 Å². The van der Waals surface area contributed by atoms with Gasteiger partial charge in [-0.3, -0.25) is 9.59 Å². The van der Waals surface area contributed by atoms with Crippen molar-refractivity contribution in [2.24, 2.45) is 5.92 Å². The van der Waals surface area contributed by atoms with Crippen LogP contribution in [0.25, 0.3) is 0 Å². The van der Waals surface area contributed by atoms with Crippen LogP contribution in [-0.4, -0.2) is 29.7 Å². The van der Waals surface area contributed by atoms with Crippen LogP contribution < -0.4 is 4.74 Å². The fourth-order valence-corrected chi connectivity index (χ4v) is 2.28. The number of benzene rings is 1. The Morgan fingerprint density at radius 3 is 2.20 bits per heavy atom. The Morgan fingerprint density at radius 1 is 1.08 bits per heavy atom. The largest absolute Gasteiger partial charge is 0.487 e. The lowest BCUT2D eigenvalue weighted by molar-refractivity contribution is -0.165. The van der Waals surface area contributed by atoms with Crippen LogP contribution >= 0.6 is 0 Å². The van der Waals surface area contributed by atoms with Gasteiger partial charge < -0.3 is 14.2 Å². The summed E-state index contributed by atoms with van der Waals surface area (Å²) < 4.78 is 16.6. The standard InChI is InChI=1S/C20H30O5/c1-7-17(15(3)23-16-11-9-8-10-12-16)24-19(22)14(2)13-18(21)25-20(4,5)6/h8-12,14-15,17H,7,13H2,1-6H3/t14-,15+,17-/m1/s1. The summed E-state index contributed by atoms with van der Waals surface area (Å²) >= 11 is 0. The van der Waals surface area contributed by atoms with Crippen LogP contribution in [0.3, 0.4) is 0 Å². The summed E-state index contributed by atoms with van der Waals surface area (Å²) in [5.41, 5.74) is -0.565. The van der Waals surface area contributed by atoms with Gasteiger partial charge in [0.2, 0.25) is 0 Å². The molecule has 0 radical (unpaired) electrons. The highest BCUT2D eigenvalue weighted by Crippen LogP contribution is 2.18. The van der Waals surface area contributed by atoms with Crippen LogP contribution in [0.1, 0.15) is 54.4 Å². The molecule has 0 aliphatic heterocycles. The molecule has 0 aliphatic rings. The molecule has 5 heteroatoms. The van der Waals surface area contributed by atoms with E-state index in [4.69, 9.17) is 14.2 Å². The highest BCUT2D eigenvalue weighted by molar-refractivity contribution is 5.79. The molecule has 25 heavy (non-hydrogen) atoms. The van der Waals surface area contributed by atoms with E-state index in [0.717, 1.165) is 5.75 Å². The Labute approximate surface area is 150 Å². The zero-order valence-corrected chi connectivity index (χ0v) is 16.1. The average Bonchev–Trinajstić information content (AvgIpc) is 2.51. The first-order chi connectivity index (χ1) is 11.6. The molecule has 3 atom stereocenters. The molecule has 0 aromatic heterocycles. The van der Waals surface area contributed by atoms with Crippen molar-refractivity contribution in [1.29, 1.82) is 0 Å². The molecule has 0 bridgehead atoms. The number of carbonyl (C=O) groups is 2. The van der Waals surface area contributed by atoms with Gasteiger partial charge in [-0.15, -0.1) is 0 Å². The number of hydrogen-bond acceptors (Lipinski definition) is 5. The zero-order valence-electron chi connectivity index (χ0n) is 16.1. The molecule has 1 aromatic carbocycles. The molecule has 0 fully saturated rings. The lowest BCUT2D eigenvalue weighted by atomic mass is 10.1. The van der Waals surface area contributed by atoms with Crippen LogP contribution in [-0.2, 0) is 19.1 Å². The summed E-state index contributed by atoms with van der Waals surface area (Å²) in [6.07, 6.45) is -0.0433. The maximum atomic E-state index is 12.3. The first kappa shape index (κ1) is 21.0. The van der Waals surface area contributed by atoms with Gasteiger partial charge in [-0.05, 0) is 46.2 Å². The van der Waals surface area contributed by atoms with E-state index < -0.39 is 23.5 Å². The molecule has 1 aromatic rings. The first-order valence-corrected chi connectivity index (χ1v) is 8.76. The van der Waals surface area contributed by atoms with Gasteiger partial charge in [0.25, 0.3) is 0 Å². The van der Waals surface area contributed by atoms with Crippen molar-refractivity contribution >= 4 is 11.9 Å². The smallest absolute Gasteiger partial charge is 0.309 e. The van der Waals surface area contributed by atoms with E-state index in [-0.39, 0.29) is 18.6 Å². The number of esters is 2. The van der Waals surface area contributed by atoms with Crippen molar-refractivity contribution in [3.05, 3.63) is 30.3 Å². The van der Waals surface area contributed by atoms with Crippen LogP contribution in [0.5, 0.6) is 5.75 Å². The lowest BCUT2D eigenvalue weighted by Gasteiger charge is -2.25. The Morgan fingerprint density at radius 2 is 1.68 bits per heavy atom. The van der Waals surface area contributed by atoms with E-state index in [0.29, 0.717) is 6.42 Å². The number of rotatable bonds is 8. The minimum Gasteiger partial charge on any atom is -0.487 e. The number of ether oxygens (including phenoxy) is 3. The van der Waals surface area contributed by atoms with Crippen molar-refractivity contribution in [2.45, 2.75) is 72.2 Å². The van der Waals surface area contributed by atoms with Crippen LogP contribution in [0.4, 0.5) is 0 Å². The summed E-state index contributed by atoms with van der Waals surface area (Å²) in [4.78, 5) is 24.1. The van der Waals surface area contributed by atoms with Crippen molar-refractivity contribution in [3.8, 4) is 5.75 Å². The van der Waals surface area contributed by atoms with E-state index >= 15 is 0 Å². The molecule has 0 heterocycles. The molecule has 0 spiro atoms. The van der Waals surface area contributed by atoms with Crippen LogP contribution in [0.2, 0.25) is 0 Å². The third-order valence-electron chi connectivity index (χ3n) is 3.55. The van der Waals surface area contributed by atoms with E-state index in [9.17, 15) is 9.59 Å². The molecule has 1 rings (SSSR count). The quantitative estimate of drug-likeness (QED) is 0.659. The zero-order chi connectivity index (χ0) is 19.0.